The molecule has 2 fully saturated rings. The third kappa shape index (κ3) is 1.51. The molecule has 0 saturated heterocycles. The van der Waals surface area contributed by atoms with Crippen molar-refractivity contribution in [3.63, 3.8) is 0 Å². The zero-order valence-electron chi connectivity index (χ0n) is 11.7. The molecule has 0 spiro atoms. The van der Waals surface area contributed by atoms with Crippen LogP contribution in [0.4, 0.5) is 0 Å². The van der Waals surface area contributed by atoms with E-state index in [0.717, 1.165) is 18.4 Å². The lowest BCUT2D eigenvalue weighted by atomic mass is 9.68. The molecule has 98 valence electrons. The minimum absolute atomic E-state index is 0.0184. The lowest BCUT2D eigenvalue weighted by Crippen LogP contribution is -2.29. The van der Waals surface area contributed by atoms with Crippen LogP contribution in [-0.2, 0) is 9.53 Å². The van der Waals surface area contributed by atoms with Crippen LogP contribution in [0.15, 0.2) is 11.1 Å². The van der Waals surface area contributed by atoms with Gasteiger partial charge in [-0.2, -0.15) is 5.26 Å². The first-order valence-corrected chi connectivity index (χ1v) is 6.69. The number of nitrogens with zero attached hydrogens (tertiary/aromatic N) is 1. The number of carbonyl (C=O) groups is 1. The molecule has 2 atom stereocenters. The van der Waals surface area contributed by atoms with Gasteiger partial charge in [0.25, 0.3) is 0 Å². The highest BCUT2D eigenvalue weighted by Crippen LogP contribution is 2.68. The lowest BCUT2D eigenvalue weighted by Gasteiger charge is -2.35. The molecule has 0 amide bonds. The van der Waals surface area contributed by atoms with Gasteiger partial charge in [0.1, 0.15) is 11.6 Å². The Balaban J connectivity index is 2.46. The molecule has 2 aliphatic rings. The van der Waals surface area contributed by atoms with Crippen molar-refractivity contribution in [2.75, 3.05) is 6.61 Å². The summed E-state index contributed by atoms with van der Waals surface area (Å²) in [4.78, 5) is 11.9. The summed E-state index contributed by atoms with van der Waals surface area (Å²) in [6, 6.07) is 2.08. The van der Waals surface area contributed by atoms with Crippen molar-refractivity contribution in [3.05, 3.63) is 11.1 Å². The van der Waals surface area contributed by atoms with Crippen molar-refractivity contribution in [3.8, 4) is 6.07 Å². The standard InChI is InChI=1S/C15H21NO2/c1-5-18-13(17)11(9-16)12-8-10-6-7-15(12,4)14(10,2)3/h10H,5-8H2,1-4H3/b12-11-/t10-,15-/m0/s1. The highest BCUT2D eigenvalue weighted by atomic mass is 16.5. The Hall–Kier alpha value is -1.30. The summed E-state index contributed by atoms with van der Waals surface area (Å²) in [7, 11) is 0. The molecule has 0 N–H and O–H groups in total. The Labute approximate surface area is 109 Å². The van der Waals surface area contributed by atoms with Gasteiger partial charge in [0.15, 0.2) is 0 Å². The second-order valence-electron chi connectivity index (χ2n) is 6.18. The van der Waals surface area contributed by atoms with Gasteiger partial charge in [0.2, 0.25) is 0 Å². The summed E-state index contributed by atoms with van der Waals surface area (Å²) in [5, 5.41) is 9.29. The second-order valence-corrected chi connectivity index (χ2v) is 6.18. The normalized spacial score (nSPS) is 35.2. The van der Waals surface area contributed by atoms with Gasteiger partial charge in [-0.25, -0.2) is 4.79 Å². The van der Waals surface area contributed by atoms with Crippen LogP contribution in [0.1, 0.15) is 47.0 Å². The van der Waals surface area contributed by atoms with E-state index in [1.165, 1.54) is 6.42 Å². The van der Waals surface area contributed by atoms with Crippen LogP contribution < -0.4 is 0 Å². The van der Waals surface area contributed by atoms with Crippen LogP contribution in [0.2, 0.25) is 0 Å². The monoisotopic (exact) mass is 247 g/mol. The number of fused-ring (bicyclic) bond motifs is 2. The number of nitriles is 1. The first-order valence-electron chi connectivity index (χ1n) is 6.69. The smallest absolute Gasteiger partial charge is 0.348 e. The fourth-order valence-corrected chi connectivity index (χ4v) is 3.78. The maximum absolute atomic E-state index is 11.9. The molecule has 0 aromatic carbocycles. The Morgan fingerprint density at radius 1 is 1.50 bits per heavy atom. The van der Waals surface area contributed by atoms with E-state index >= 15 is 0 Å². The Bertz CT molecular complexity index is 456. The van der Waals surface area contributed by atoms with Crippen molar-refractivity contribution in [2.24, 2.45) is 16.7 Å². The van der Waals surface area contributed by atoms with Crippen molar-refractivity contribution in [2.45, 2.75) is 47.0 Å². The summed E-state index contributed by atoms with van der Waals surface area (Å²) >= 11 is 0. The highest BCUT2D eigenvalue weighted by Gasteiger charge is 2.60. The number of hydrogen-bond acceptors (Lipinski definition) is 3. The van der Waals surface area contributed by atoms with E-state index in [1.807, 2.05) is 0 Å². The first kappa shape index (κ1) is 13.1. The molecule has 18 heavy (non-hydrogen) atoms. The number of carbonyl (C=O) groups excluding carboxylic acids is 1. The van der Waals surface area contributed by atoms with E-state index < -0.39 is 5.97 Å². The minimum Gasteiger partial charge on any atom is -0.462 e. The van der Waals surface area contributed by atoms with Crippen LogP contribution in [-0.4, -0.2) is 12.6 Å². The Kier molecular flexibility index (Phi) is 3.01. The van der Waals surface area contributed by atoms with E-state index in [-0.39, 0.29) is 16.4 Å². The van der Waals surface area contributed by atoms with E-state index in [9.17, 15) is 10.1 Å². The number of rotatable bonds is 2. The van der Waals surface area contributed by atoms with Crippen LogP contribution in [0.3, 0.4) is 0 Å². The molecule has 2 bridgehead atoms. The van der Waals surface area contributed by atoms with Crippen LogP contribution >= 0.6 is 0 Å². The highest BCUT2D eigenvalue weighted by molar-refractivity contribution is 5.94. The molecule has 2 saturated carbocycles. The number of hydrogen-bond donors (Lipinski definition) is 0. The van der Waals surface area contributed by atoms with Gasteiger partial charge in [-0.05, 0) is 48.5 Å². The predicted molar refractivity (Wildman–Crippen MR) is 68.5 cm³/mol. The predicted octanol–water partition coefficient (Wildman–Crippen LogP) is 3.22. The lowest BCUT2D eigenvalue weighted by molar-refractivity contribution is -0.138. The summed E-state index contributed by atoms with van der Waals surface area (Å²) in [5.74, 6) is 0.148. The van der Waals surface area contributed by atoms with E-state index in [4.69, 9.17) is 4.74 Å². The van der Waals surface area contributed by atoms with Crippen LogP contribution in [0, 0.1) is 28.1 Å². The van der Waals surface area contributed by atoms with E-state index in [1.54, 1.807) is 6.92 Å². The molecule has 0 radical (unpaired) electrons. The van der Waals surface area contributed by atoms with Gasteiger partial charge >= 0.3 is 5.97 Å². The average Bonchev–Trinajstić information content (AvgIpc) is 2.63. The summed E-state index contributed by atoms with van der Waals surface area (Å²) < 4.78 is 5.01. The number of ether oxygens (including phenoxy) is 1. The van der Waals surface area contributed by atoms with Crippen molar-refractivity contribution in [1.29, 1.82) is 5.26 Å². The minimum atomic E-state index is -0.445. The van der Waals surface area contributed by atoms with Crippen molar-refractivity contribution in [1.82, 2.24) is 0 Å². The fourth-order valence-electron chi connectivity index (χ4n) is 3.78. The number of allylic oxidation sites excluding steroid dienone is 1. The van der Waals surface area contributed by atoms with Crippen LogP contribution in [0.5, 0.6) is 0 Å². The largest absolute Gasteiger partial charge is 0.462 e. The summed E-state index contributed by atoms with van der Waals surface area (Å²) in [5.41, 5.74) is 1.45. The molecule has 0 heterocycles. The molecule has 3 nitrogen and oxygen atoms in total. The zero-order chi connectivity index (χ0) is 13.6. The van der Waals surface area contributed by atoms with E-state index in [0.29, 0.717) is 12.5 Å². The van der Waals surface area contributed by atoms with Crippen molar-refractivity contribution < 1.29 is 9.53 Å². The number of esters is 1. The quantitative estimate of drug-likeness (QED) is 0.427. The van der Waals surface area contributed by atoms with Gasteiger partial charge in [-0.3, -0.25) is 0 Å². The zero-order valence-corrected chi connectivity index (χ0v) is 11.7. The molecule has 0 unspecified atom stereocenters. The van der Waals surface area contributed by atoms with Gasteiger partial charge in [0.05, 0.1) is 6.61 Å². The van der Waals surface area contributed by atoms with Gasteiger partial charge < -0.3 is 4.74 Å². The average molecular weight is 247 g/mol. The topological polar surface area (TPSA) is 50.1 Å². The van der Waals surface area contributed by atoms with Crippen LogP contribution in [0.25, 0.3) is 0 Å². The Morgan fingerprint density at radius 2 is 2.17 bits per heavy atom. The molecular formula is C15H21NO2. The summed E-state index contributed by atoms with van der Waals surface area (Å²) in [6.45, 7) is 8.81. The molecule has 2 aliphatic carbocycles. The molecule has 0 aromatic rings. The van der Waals surface area contributed by atoms with Gasteiger partial charge in [-0.1, -0.05) is 20.8 Å². The third-order valence-electron chi connectivity index (χ3n) is 5.45. The Morgan fingerprint density at radius 3 is 2.56 bits per heavy atom. The molecule has 0 aromatic heterocycles. The van der Waals surface area contributed by atoms with Crippen molar-refractivity contribution >= 4 is 5.97 Å². The fraction of sp³-hybridized carbons (Fsp3) is 0.733. The third-order valence-corrected chi connectivity index (χ3v) is 5.45. The van der Waals surface area contributed by atoms with Gasteiger partial charge in [-0.15, -0.1) is 0 Å². The summed E-state index contributed by atoms with van der Waals surface area (Å²) in [6.07, 6.45) is 3.16. The second kappa shape index (κ2) is 4.12. The molecule has 2 rings (SSSR count). The SMILES string of the molecule is CCOC(=O)/C(C#N)=C1/C[C@@H]2CC[C@]1(C)C2(C)C. The first-order chi connectivity index (χ1) is 8.38. The molecule has 0 aliphatic heterocycles. The molecular weight excluding hydrogens is 226 g/mol. The molecule has 3 heteroatoms. The van der Waals surface area contributed by atoms with Gasteiger partial charge in [0, 0.05) is 0 Å². The maximum atomic E-state index is 11.9. The van der Waals surface area contributed by atoms with E-state index in [2.05, 4.69) is 26.8 Å². The maximum Gasteiger partial charge on any atom is 0.348 e.